The lowest BCUT2D eigenvalue weighted by Crippen LogP contribution is -1.72. The number of para-hydroxylation sites is 1. The van der Waals surface area contributed by atoms with E-state index in [0.29, 0.717) is 0 Å². The molecule has 1 nitrogen and oxygen atoms in total. The number of fused-ring (bicyclic) bond motifs is 1. The van der Waals surface area contributed by atoms with Gasteiger partial charge in [0.25, 0.3) is 0 Å². The molecule has 0 amide bonds. The summed E-state index contributed by atoms with van der Waals surface area (Å²) in [4.78, 5) is 3.19. The van der Waals surface area contributed by atoms with Crippen LogP contribution in [0.3, 0.4) is 0 Å². The minimum atomic E-state index is 0. The van der Waals surface area contributed by atoms with Gasteiger partial charge in [-0.15, -0.1) is 0 Å². The van der Waals surface area contributed by atoms with Crippen LogP contribution in [0.2, 0.25) is 0 Å². The Morgan fingerprint density at radius 1 is 1.30 bits per heavy atom. The Morgan fingerprint density at radius 3 is 3.00 bits per heavy atom. The molecule has 2 rings (SSSR count). The molecule has 52 valence electrons. The van der Waals surface area contributed by atoms with Crippen LogP contribution in [0, 0.1) is 6.92 Å². The molecule has 0 unspecified atom stereocenters. The fraction of sp³-hybridized carbons (Fsp3) is 0.111. The highest BCUT2D eigenvalue weighted by Gasteiger charge is 1.93. The topological polar surface area (TPSA) is 15.8 Å². The smallest absolute Gasteiger partial charge is 0.0483 e. The second-order valence-electron chi connectivity index (χ2n) is 2.52. The average molecular weight is 133 g/mol. The van der Waals surface area contributed by atoms with E-state index in [1.165, 1.54) is 16.5 Å². The van der Waals surface area contributed by atoms with E-state index in [9.17, 15) is 0 Å². The lowest BCUT2D eigenvalue weighted by atomic mass is 10.2. The minimum Gasteiger partial charge on any atom is -0.361 e. The second kappa shape index (κ2) is 1.87. The quantitative estimate of drug-likeness (QED) is 0.568. The average Bonchev–Trinajstić information content (AvgIpc) is 2.36. The van der Waals surface area contributed by atoms with Gasteiger partial charge in [-0.25, -0.2) is 0 Å². The summed E-state index contributed by atoms with van der Waals surface area (Å²) in [6.45, 7) is 2.11. The number of rotatable bonds is 0. The number of aryl methyl sites for hydroxylation is 1. The first-order chi connectivity index (χ1) is 4.88. The largest absolute Gasteiger partial charge is 0.361 e. The molecule has 0 aliphatic rings. The molecule has 0 spiro atoms. The van der Waals surface area contributed by atoms with E-state index in [0.717, 1.165) is 0 Å². The molecule has 0 saturated heterocycles. The first-order valence-corrected chi connectivity index (χ1v) is 3.40. The van der Waals surface area contributed by atoms with Crippen molar-refractivity contribution in [2.24, 2.45) is 0 Å². The zero-order valence-corrected chi connectivity index (χ0v) is 5.89. The molecule has 1 aromatic carbocycles. The molecule has 0 atom stereocenters. The zero-order valence-electron chi connectivity index (χ0n) is 5.89. The van der Waals surface area contributed by atoms with E-state index >= 15 is 0 Å². The molecule has 0 bridgehead atoms. The van der Waals surface area contributed by atoms with Gasteiger partial charge in [0.15, 0.2) is 0 Å². The highest BCUT2D eigenvalue weighted by atomic mass is 14.7. The number of aromatic nitrogens is 1. The summed E-state index contributed by atoms with van der Waals surface area (Å²) in [7, 11) is 0. The van der Waals surface area contributed by atoms with Gasteiger partial charge in [0, 0.05) is 13.1 Å². The van der Waals surface area contributed by atoms with Crippen molar-refractivity contribution in [2.75, 3.05) is 0 Å². The van der Waals surface area contributed by atoms with Crippen molar-refractivity contribution >= 4 is 10.9 Å². The molecular weight excluding hydrogens is 122 g/mol. The van der Waals surface area contributed by atoms with Crippen LogP contribution in [-0.2, 0) is 0 Å². The molecule has 0 saturated carbocycles. The monoisotopic (exact) mass is 133 g/mol. The van der Waals surface area contributed by atoms with E-state index in [2.05, 4.69) is 36.2 Å². The van der Waals surface area contributed by atoms with E-state index in [4.69, 9.17) is 0 Å². The Bertz CT molecular complexity index is 351. The van der Waals surface area contributed by atoms with Crippen molar-refractivity contribution in [3.63, 3.8) is 0 Å². The summed E-state index contributed by atoms with van der Waals surface area (Å²) >= 11 is 0. The van der Waals surface area contributed by atoms with Crippen molar-refractivity contribution in [3.8, 4) is 0 Å². The van der Waals surface area contributed by atoms with Gasteiger partial charge in [0.2, 0.25) is 0 Å². The van der Waals surface area contributed by atoms with Crippen LogP contribution in [0.4, 0.5) is 0 Å². The summed E-state index contributed by atoms with van der Waals surface area (Å²) in [6, 6.07) is 8.38. The van der Waals surface area contributed by atoms with E-state index in [1.807, 2.05) is 6.20 Å². The van der Waals surface area contributed by atoms with Crippen LogP contribution < -0.4 is 0 Å². The van der Waals surface area contributed by atoms with Gasteiger partial charge < -0.3 is 4.98 Å². The maximum Gasteiger partial charge on any atom is 0.0483 e. The highest BCUT2D eigenvalue weighted by molar-refractivity contribution is 5.82. The molecular formula is C9H11N. The fourth-order valence-corrected chi connectivity index (χ4v) is 1.24. The number of hydrogen-bond acceptors (Lipinski definition) is 0. The predicted octanol–water partition coefficient (Wildman–Crippen LogP) is 2.72. The maximum absolute atomic E-state index is 3.19. The van der Waals surface area contributed by atoms with E-state index < -0.39 is 0 Å². The molecule has 0 aliphatic heterocycles. The molecule has 1 heterocycles. The normalized spacial score (nSPS) is 10.5. The molecule has 2 aromatic rings. The summed E-state index contributed by atoms with van der Waals surface area (Å²) in [6.07, 6.45) is 1.97. The van der Waals surface area contributed by atoms with Gasteiger partial charge in [0.1, 0.15) is 0 Å². The van der Waals surface area contributed by atoms with Gasteiger partial charge in [0.05, 0.1) is 0 Å². The van der Waals surface area contributed by atoms with Gasteiger partial charge in [-0.3, -0.25) is 0 Å². The van der Waals surface area contributed by atoms with Crippen LogP contribution in [0.1, 0.15) is 6.99 Å². The summed E-state index contributed by atoms with van der Waals surface area (Å²) in [5.41, 5.74) is 2.56. The van der Waals surface area contributed by atoms with Crippen molar-refractivity contribution in [3.05, 3.63) is 36.0 Å². The SMILES string of the molecule is Cc1cccc2cc[nH]c12.[HH]. The lowest BCUT2D eigenvalue weighted by molar-refractivity contribution is 1.42. The number of hydrogen-bond donors (Lipinski definition) is 1. The Labute approximate surface area is 61.2 Å². The van der Waals surface area contributed by atoms with Gasteiger partial charge in [-0.2, -0.15) is 0 Å². The van der Waals surface area contributed by atoms with E-state index in [-0.39, 0.29) is 1.43 Å². The third-order valence-electron chi connectivity index (χ3n) is 1.80. The Balaban J connectivity index is 0.000000605. The highest BCUT2D eigenvalue weighted by Crippen LogP contribution is 2.14. The molecule has 10 heavy (non-hydrogen) atoms. The van der Waals surface area contributed by atoms with Gasteiger partial charge in [-0.05, 0) is 23.9 Å². The Kier molecular flexibility index (Phi) is 1.04. The van der Waals surface area contributed by atoms with Crippen LogP contribution in [0.5, 0.6) is 0 Å². The van der Waals surface area contributed by atoms with Crippen LogP contribution >= 0.6 is 0 Å². The first-order valence-electron chi connectivity index (χ1n) is 3.40. The Morgan fingerprint density at radius 2 is 2.20 bits per heavy atom. The summed E-state index contributed by atoms with van der Waals surface area (Å²) < 4.78 is 0. The fourth-order valence-electron chi connectivity index (χ4n) is 1.24. The second-order valence-corrected chi connectivity index (χ2v) is 2.52. The van der Waals surface area contributed by atoms with Crippen molar-refractivity contribution in [1.29, 1.82) is 0 Å². The van der Waals surface area contributed by atoms with Crippen LogP contribution in [0.15, 0.2) is 30.5 Å². The summed E-state index contributed by atoms with van der Waals surface area (Å²) in [5.74, 6) is 0. The molecule has 0 aliphatic carbocycles. The number of benzene rings is 1. The number of nitrogens with one attached hydrogen (secondary N) is 1. The minimum absolute atomic E-state index is 0. The lowest BCUT2D eigenvalue weighted by Gasteiger charge is -1.92. The molecule has 1 N–H and O–H groups in total. The van der Waals surface area contributed by atoms with Crippen molar-refractivity contribution in [1.82, 2.24) is 4.98 Å². The van der Waals surface area contributed by atoms with Gasteiger partial charge >= 0.3 is 0 Å². The molecule has 0 radical (unpaired) electrons. The Hall–Kier alpha value is -1.24. The maximum atomic E-state index is 3.19. The van der Waals surface area contributed by atoms with Crippen LogP contribution in [0.25, 0.3) is 10.9 Å². The third-order valence-corrected chi connectivity index (χ3v) is 1.80. The van der Waals surface area contributed by atoms with Gasteiger partial charge in [-0.1, -0.05) is 18.2 Å². The van der Waals surface area contributed by atoms with Crippen LogP contribution in [-0.4, -0.2) is 4.98 Å². The standard InChI is InChI=1S/C9H9N.H2/c1-7-3-2-4-8-5-6-10-9(7)8;/h2-6,10H,1H3;1H. The number of aromatic amines is 1. The van der Waals surface area contributed by atoms with E-state index in [1.54, 1.807) is 0 Å². The first kappa shape index (κ1) is 5.54. The third kappa shape index (κ3) is 0.637. The summed E-state index contributed by atoms with van der Waals surface area (Å²) in [5, 5.41) is 1.29. The van der Waals surface area contributed by atoms with Crippen molar-refractivity contribution < 1.29 is 1.43 Å². The van der Waals surface area contributed by atoms with Crippen molar-refractivity contribution in [2.45, 2.75) is 6.92 Å². The molecule has 1 aromatic heterocycles. The molecule has 1 heteroatoms. The zero-order chi connectivity index (χ0) is 6.97. The molecule has 0 fully saturated rings. The predicted molar refractivity (Wildman–Crippen MR) is 45.1 cm³/mol. The number of H-pyrrole nitrogens is 1.